The highest BCUT2D eigenvalue weighted by Crippen LogP contribution is 2.37. The van der Waals surface area contributed by atoms with Crippen LogP contribution in [0.2, 0.25) is 0 Å². The molecule has 4 heteroatoms. The summed E-state index contributed by atoms with van der Waals surface area (Å²) in [7, 11) is 0. The van der Waals surface area contributed by atoms with Crippen LogP contribution in [0, 0.1) is 0 Å². The molecule has 0 spiro atoms. The zero-order chi connectivity index (χ0) is 19.3. The number of likely N-dealkylation sites (tertiary alicyclic amines) is 1. The molecular formula is C24H33ClN2O. The highest BCUT2D eigenvalue weighted by molar-refractivity contribution is 5.90. The van der Waals surface area contributed by atoms with Crippen molar-refractivity contribution in [2.75, 3.05) is 6.54 Å². The van der Waals surface area contributed by atoms with Crippen LogP contribution in [0.15, 0.2) is 60.7 Å². The summed E-state index contributed by atoms with van der Waals surface area (Å²) >= 11 is 0. The lowest BCUT2D eigenvalue weighted by Gasteiger charge is -2.40. The van der Waals surface area contributed by atoms with Gasteiger partial charge in [0, 0.05) is 12.1 Å². The summed E-state index contributed by atoms with van der Waals surface area (Å²) in [5.41, 5.74) is 7.26. The summed E-state index contributed by atoms with van der Waals surface area (Å²) in [5, 5.41) is 0. The third kappa shape index (κ3) is 4.59. The minimum absolute atomic E-state index is 0. The maximum Gasteiger partial charge on any atom is 0.232 e. The molecule has 28 heavy (non-hydrogen) atoms. The Bertz CT molecular complexity index is 685. The number of nitrogens with zero attached hydrogens (tertiary/aromatic N) is 1. The normalized spacial score (nSPS) is 20.4. The van der Waals surface area contributed by atoms with Crippen molar-refractivity contribution in [3.8, 4) is 0 Å². The number of hydrogen-bond acceptors (Lipinski definition) is 2. The second-order valence-electron chi connectivity index (χ2n) is 7.97. The Morgan fingerprint density at radius 2 is 1.43 bits per heavy atom. The van der Waals surface area contributed by atoms with E-state index in [1.165, 1.54) is 19.3 Å². The molecule has 0 bridgehead atoms. The van der Waals surface area contributed by atoms with E-state index in [-0.39, 0.29) is 18.3 Å². The summed E-state index contributed by atoms with van der Waals surface area (Å²) in [6.45, 7) is 5.66. The minimum Gasteiger partial charge on any atom is -0.369 e. The molecule has 152 valence electrons. The molecular weight excluding hydrogens is 368 g/mol. The van der Waals surface area contributed by atoms with Crippen LogP contribution in [0.25, 0.3) is 0 Å². The maximum absolute atomic E-state index is 12.8. The first-order valence-electron chi connectivity index (χ1n) is 10.2. The van der Waals surface area contributed by atoms with Crippen LogP contribution >= 0.6 is 12.4 Å². The van der Waals surface area contributed by atoms with E-state index in [0.29, 0.717) is 12.1 Å². The predicted octanol–water partition coefficient (Wildman–Crippen LogP) is 4.92. The van der Waals surface area contributed by atoms with Gasteiger partial charge in [-0.2, -0.15) is 0 Å². The fourth-order valence-corrected chi connectivity index (χ4v) is 4.75. The van der Waals surface area contributed by atoms with Crippen molar-refractivity contribution in [2.45, 2.75) is 63.5 Å². The Hall–Kier alpha value is -1.84. The number of primary amides is 1. The zero-order valence-electron chi connectivity index (χ0n) is 17.0. The Kier molecular flexibility index (Phi) is 8.09. The van der Waals surface area contributed by atoms with Gasteiger partial charge in [-0.15, -0.1) is 12.4 Å². The van der Waals surface area contributed by atoms with E-state index in [1.807, 2.05) is 60.7 Å². The fourth-order valence-electron chi connectivity index (χ4n) is 4.75. The molecule has 0 saturated carbocycles. The molecule has 2 atom stereocenters. The largest absolute Gasteiger partial charge is 0.369 e. The van der Waals surface area contributed by atoms with Gasteiger partial charge in [0.05, 0.1) is 5.41 Å². The number of amides is 1. The van der Waals surface area contributed by atoms with E-state index < -0.39 is 5.41 Å². The van der Waals surface area contributed by atoms with Crippen LogP contribution in [0.1, 0.15) is 57.1 Å². The number of hydrogen-bond donors (Lipinski definition) is 1. The Morgan fingerprint density at radius 1 is 0.964 bits per heavy atom. The highest BCUT2D eigenvalue weighted by Gasteiger charge is 2.40. The monoisotopic (exact) mass is 400 g/mol. The van der Waals surface area contributed by atoms with Crippen LogP contribution < -0.4 is 5.73 Å². The summed E-state index contributed by atoms with van der Waals surface area (Å²) in [6.07, 6.45) is 5.52. The molecule has 0 radical (unpaired) electrons. The van der Waals surface area contributed by atoms with E-state index >= 15 is 0 Å². The molecule has 1 saturated heterocycles. The summed E-state index contributed by atoms with van der Waals surface area (Å²) < 4.78 is 0. The van der Waals surface area contributed by atoms with E-state index in [4.69, 9.17) is 5.73 Å². The van der Waals surface area contributed by atoms with Crippen molar-refractivity contribution in [3.05, 3.63) is 71.8 Å². The number of carbonyl (C=O) groups excluding carboxylic acids is 1. The second kappa shape index (κ2) is 10.1. The van der Waals surface area contributed by atoms with Gasteiger partial charge in [0.2, 0.25) is 5.91 Å². The van der Waals surface area contributed by atoms with Gasteiger partial charge in [-0.25, -0.2) is 0 Å². The van der Waals surface area contributed by atoms with Gasteiger partial charge >= 0.3 is 0 Å². The van der Waals surface area contributed by atoms with Crippen LogP contribution in [-0.2, 0) is 10.2 Å². The highest BCUT2D eigenvalue weighted by atomic mass is 35.5. The zero-order valence-corrected chi connectivity index (χ0v) is 17.8. The molecule has 1 heterocycles. The minimum atomic E-state index is -0.773. The molecule has 1 amide bonds. The SMILES string of the molecule is CC1CCCC(C)N1CCCC(C(N)=O)(c1ccccc1)c1ccccc1.Cl. The van der Waals surface area contributed by atoms with Crippen LogP contribution in [0.3, 0.4) is 0 Å². The van der Waals surface area contributed by atoms with E-state index in [1.54, 1.807) is 0 Å². The van der Waals surface area contributed by atoms with Gasteiger partial charge in [0.1, 0.15) is 0 Å². The molecule has 2 unspecified atom stereocenters. The summed E-state index contributed by atoms with van der Waals surface area (Å²) in [6, 6.07) is 21.3. The lowest BCUT2D eigenvalue weighted by Crippen LogP contribution is -2.46. The average molecular weight is 401 g/mol. The van der Waals surface area contributed by atoms with Gasteiger partial charge in [0.15, 0.2) is 0 Å². The number of piperidine rings is 1. The molecule has 0 aromatic heterocycles. The topological polar surface area (TPSA) is 46.3 Å². The third-order valence-electron chi connectivity index (χ3n) is 6.30. The van der Waals surface area contributed by atoms with Crippen molar-refractivity contribution in [2.24, 2.45) is 5.73 Å². The van der Waals surface area contributed by atoms with Crippen LogP contribution in [0.5, 0.6) is 0 Å². The predicted molar refractivity (Wildman–Crippen MR) is 119 cm³/mol. The maximum atomic E-state index is 12.8. The van der Waals surface area contributed by atoms with Gasteiger partial charge < -0.3 is 5.73 Å². The fraction of sp³-hybridized carbons (Fsp3) is 0.458. The van der Waals surface area contributed by atoms with Crippen molar-refractivity contribution in [1.82, 2.24) is 4.90 Å². The lowest BCUT2D eigenvalue weighted by atomic mass is 9.70. The molecule has 2 aromatic carbocycles. The quantitative estimate of drug-likeness (QED) is 0.716. The lowest BCUT2D eigenvalue weighted by molar-refractivity contribution is -0.122. The molecule has 2 N–H and O–H groups in total. The van der Waals surface area contributed by atoms with E-state index in [2.05, 4.69) is 18.7 Å². The first kappa shape index (κ1) is 22.4. The molecule has 1 fully saturated rings. The standard InChI is InChI=1S/C24H32N2O.ClH/c1-19-11-9-12-20(2)26(19)18-10-17-24(23(25)27,21-13-5-3-6-14-21)22-15-7-4-8-16-22;/h3-8,13-16,19-20H,9-12,17-18H2,1-2H3,(H2,25,27);1H. The Morgan fingerprint density at radius 3 is 1.86 bits per heavy atom. The number of carbonyl (C=O) groups is 1. The Balaban J connectivity index is 0.00000280. The van der Waals surface area contributed by atoms with Crippen molar-refractivity contribution >= 4 is 18.3 Å². The van der Waals surface area contributed by atoms with Gasteiger partial charge in [0.25, 0.3) is 0 Å². The number of halogens is 1. The molecule has 1 aliphatic rings. The molecule has 0 aliphatic carbocycles. The summed E-state index contributed by atoms with van der Waals surface area (Å²) in [4.78, 5) is 15.4. The van der Waals surface area contributed by atoms with Gasteiger partial charge in [-0.05, 0) is 57.2 Å². The van der Waals surface area contributed by atoms with Crippen molar-refractivity contribution in [3.63, 3.8) is 0 Å². The van der Waals surface area contributed by atoms with Gasteiger partial charge in [-0.1, -0.05) is 67.1 Å². The van der Waals surface area contributed by atoms with Crippen molar-refractivity contribution in [1.29, 1.82) is 0 Å². The average Bonchev–Trinajstić information content (AvgIpc) is 2.68. The van der Waals surface area contributed by atoms with E-state index in [0.717, 1.165) is 30.5 Å². The Labute approximate surface area is 175 Å². The van der Waals surface area contributed by atoms with Crippen LogP contribution in [-0.4, -0.2) is 29.4 Å². The summed E-state index contributed by atoms with van der Waals surface area (Å²) in [5.74, 6) is -0.264. The van der Waals surface area contributed by atoms with Crippen molar-refractivity contribution < 1.29 is 4.79 Å². The second-order valence-corrected chi connectivity index (χ2v) is 7.97. The first-order chi connectivity index (χ1) is 13.1. The first-order valence-corrected chi connectivity index (χ1v) is 10.2. The molecule has 2 aromatic rings. The van der Waals surface area contributed by atoms with E-state index in [9.17, 15) is 4.79 Å². The molecule has 1 aliphatic heterocycles. The number of rotatable bonds is 7. The molecule has 3 nitrogen and oxygen atoms in total. The number of nitrogens with two attached hydrogens (primary N) is 1. The number of benzene rings is 2. The smallest absolute Gasteiger partial charge is 0.232 e. The van der Waals surface area contributed by atoms with Crippen LogP contribution in [0.4, 0.5) is 0 Å². The van der Waals surface area contributed by atoms with Gasteiger partial charge in [-0.3, -0.25) is 9.69 Å². The molecule has 3 rings (SSSR count). The third-order valence-corrected chi connectivity index (χ3v) is 6.30.